The molecule has 0 heterocycles. The summed E-state index contributed by atoms with van der Waals surface area (Å²) in [6.45, 7) is 3.06. The van der Waals surface area contributed by atoms with Gasteiger partial charge in [0.15, 0.2) is 0 Å². The molecule has 0 aliphatic heterocycles. The van der Waals surface area contributed by atoms with Crippen molar-refractivity contribution in [1.29, 1.82) is 0 Å². The van der Waals surface area contributed by atoms with Gasteiger partial charge in [-0.25, -0.2) is 8.78 Å². The quantitative estimate of drug-likeness (QED) is 0.815. The van der Waals surface area contributed by atoms with Crippen molar-refractivity contribution in [3.63, 3.8) is 0 Å². The second kappa shape index (κ2) is 6.28. The molecule has 1 unspecified atom stereocenters. The molecule has 0 aromatic heterocycles. The summed E-state index contributed by atoms with van der Waals surface area (Å²) >= 11 is 0. The molecule has 1 aromatic carbocycles. The summed E-state index contributed by atoms with van der Waals surface area (Å²) in [4.78, 5) is 0. The monoisotopic (exact) mass is 253 g/mol. The number of hydrogen-bond acceptors (Lipinski definition) is 1. The largest absolute Gasteiger partial charge is 0.313 e. The summed E-state index contributed by atoms with van der Waals surface area (Å²) in [6.07, 6.45) is 5.33. The minimum atomic E-state index is -0.353. The lowest BCUT2D eigenvalue weighted by Crippen LogP contribution is -2.41. The molecule has 1 nitrogen and oxygen atoms in total. The summed E-state index contributed by atoms with van der Waals surface area (Å²) in [5, 5.41) is 3.48. The maximum atomic E-state index is 13.6. The predicted octanol–water partition coefficient (Wildman–Crippen LogP) is 3.68. The lowest BCUT2D eigenvalue weighted by Gasteiger charge is -2.34. The third kappa shape index (κ3) is 3.29. The fourth-order valence-electron chi connectivity index (χ4n) is 2.51. The number of benzene rings is 1. The van der Waals surface area contributed by atoms with Crippen LogP contribution in [0.25, 0.3) is 0 Å². The number of hydrogen-bond donors (Lipinski definition) is 1. The summed E-state index contributed by atoms with van der Waals surface area (Å²) in [7, 11) is 0. The molecule has 1 fully saturated rings. The molecule has 0 spiro atoms. The van der Waals surface area contributed by atoms with Crippen LogP contribution in [0.3, 0.4) is 0 Å². The SMILES string of the molecule is CCCNC(Cc1cc(F)ccc1F)C1CCC1. The molecule has 0 amide bonds. The molecule has 1 N–H and O–H groups in total. The van der Waals surface area contributed by atoms with E-state index < -0.39 is 0 Å². The average Bonchev–Trinajstić information content (AvgIpc) is 2.28. The summed E-state index contributed by atoms with van der Waals surface area (Å²) < 4.78 is 26.8. The van der Waals surface area contributed by atoms with Crippen LogP contribution in [-0.4, -0.2) is 12.6 Å². The molecule has 1 aromatic rings. The minimum Gasteiger partial charge on any atom is -0.313 e. The molecule has 3 heteroatoms. The van der Waals surface area contributed by atoms with Crippen LogP contribution >= 0.6 is 0 Å². The van der Waals surface area contributed by atoms with E-state index in [1.807, 2.05) is 0 Å². The Morgan fingerprint density at radius 2 is 2.11 bits per heavy atom. The lowest BCUT2D eigenvalue weighted by atomic mass is 9.77. The Morgan fingerprint density at radius 3 is 2.72 bits per heavy atom. The first-order valence-electron chi connectivity index (χ1n) is 6.88. The second-order valence-corrected chi connectivity index (χ2v) is 5.19. The van der Waals surface area contributed by atoms with Gasteiger partial charge in [0.05, 0.1) is 0 Å². The van der Waals surface area contributed by atoms with E-state index in [-0.39, 0.29) is 17.7 Å². The van der Waals surface area contributed by atoms with Gasteiger partial charge >= 0.3 is 0 Å². The highest BCUT2D eigenvalue weighted by Crippen LogP contribution is 2.31. The normalized spacial score (nSPS) is 17.5. The van der Waals surface area contributed by atoms with Crippen molar-refractivity contribution in [2.75, 3.05) is 6.54 Å². The van der Waals surface area contributed by atoms with Gasteiger partial charge in [0.1, 0.15) is 11.6 Å². The zero-order chi connectivity index (χ0) is 13.0. The minimum absolute atomic E-state index is 0.287. The fraction of sp³-hybridized carbons (Fsp3) is 0.600. The Labute approximate surface area is 108 Å². The van der Waals surface area contributed by atoms with E-state index in [9.17, 15) is 8.78 Å². The molecule has 1 atom stereocenters. The Hall–Kier alpha value is -0.960. The van der Waals surface area contributed by atoms with Crippen molar-refractivity contribution < 1.29 is 8.78 Å². The first-order valence-corrected chi connectivity index (χ1v) is 6.88. The van der Waals surface area contributed by atoms with Crippen LogP contribution in [0.1, 0.15) is 38.2 Å². The van der Waals surface area contributed by atoms with E-state index in [0.29, 0.717) is 17.9 Å². The predicted molar refractivity (Wildman–Crippen MR) is 69.5 cm³/mol. The highest BCUT2D eigenvalue weighted by molar-refractivity contribution is 5.20. The third-order valence-corrected chi connectivity index (χ3v) is 3.82. The topological polar surface area (TPSA) is 12.0 Å². The van der Waals surface area contributed by atoms with Gasteiger partial charge in [-0.1, -0.05) is 13.3 Å². The number of nitrogens with one attached hydrogen (secondary N) is 1. The van der Waals surface area contributed by atoms with Crippen molar-refractivity contribution >= 4 is 0 Å². The fourth-order valence-corrected chi connectivity index (χ4v) is 2.51. The molecule has 100 valence electrons. The van der Waals surface area contributed by atoms with Gasteiger partial charge in [0, 0.05) is 6.04 Å². The Morgan fingerprint density at radius 1 is 1.33 bits per heavy atom. The van der Waals surface area contributed by atoms with Gasteiger partial charge in [0.25, 0.3) is 0 Å². The van der Waals surface area contributed by atoms with Crippen LogP contribution in [-0.2, 0) is 6.42 Å². The standard InChI is InChI=1S/C15H21F2N/c1-2-8-18-15(11-4-3-5-11)10-12-9-13(16)6-7-14(12)17/h6-7,9,11,15,18H,2-5,8,10H2,1H3. The van der Waals surface area contributed by atoms with Crippen molar-refractivity contribution in [2.24, 2.45) is 5.92 Å². The van der Waals surface area contributed by atoms with Crippen LogP contribution in [0, 0.1) is 17.6 Å². The summed E-state index contributed by atoms with van der Waals surface area (Å²) in [5.41, 5.74) is 0.496. The van der Waals surface area contributed by atoms with E-state index in [1.54, 1.807) is 0 Å². The molecule has 1 aliphatic carbocycles. The Balaban J connectivity index is 2.04. The van der Waals surface area contributed by atoms with Gasteiger partial charge in [-0.15, -0.1) is 0 Å². The van der Waals surface area contributed by atoms with Crippen LogP contribution in [0.15, 0.2) is 18.2 Å². The van der Waals surface area contributed by atoms with Crippen molar-refractivity contribution in [3.8, 4) is 0 Å². The summed E-state index contributed by atoms with van der Waals surface area (Å²) in [5.74, 6) is -0.0208. The molecule has 0 radical (unpaired) electrons. The van der Waals surface area contributed by atoms with Crippen LogP contribution < -0.4 is 5.32 Å². The number of halogens is 2. The van der Waals surface area contributed by atoms with Crippen LogP contribution in [0.4, 0.5) is 8.78 Å². The first-order chi connectivity index (χ1) is 8.70. The van der Waals surface area contributed by atoms with Gasteiger partial charge in [-0.3, -0.25) is 0 Å². The Kier molecular flexibility index (Phi) is 4.70. The second-order valence-electron chi connectivity index (χ2n) is 5.19. The molecule has 2 rings (SSSR count). The highest BCUT2D eigenvalue weighted by Gasteiger charge is 2.27. The number of rotatable bonds is 6. The molecule has 1 aliphatic rings. The van der Waals surface area contributed by atoms with Gasteiger partial charge in [-0.05, 0) is 61.9 Å². The van der Waals surface area contributed by atoms with E-state index in [4.69, 9.17) is 0 Å². The zero-order valence-corrected chi connectivity index (χ0v) is 10.9. The van der Waals surface area contributed by atoms with Crippen LogP contribution in [0.5, 0.6) is 0 Å². The van der Waals surface area contributed by atoms with Crippen molar-refractivity contribution in [3.05, 3.63) is 35.4 Å². The maximum absolute atomic E-state index is 13.6. The highest BCUT2D eigenvalue weighted by atomic mass is 19.1. The van der Waals surface area contributed by atoms with Gasteiger partial charge in [-0.2, -0.15) is 0 Å². The van der Waals surface area contributed by atoms with E-state index in [0.717, 1.165) is 13.0 Å². The van der Waals surface area contributed by atoms with E-state index in [1.165, 1.54) is 37.5 Å². The molecule has 1 saturated carbocycles. The van der Waals surface area contributed by atoms with E-state index in [2.05, 4.69) is 12.2 Å². The zero-order valence-electron chi connectivity index (χ0n) is 10.9. The van der Waals surface area contributed by atoms with Crippen molar-refractivity contribution in [2.45, 2.75) is 45.1 Å². The van der Waals surface area contributed by atoms with Crippen molar-refractivity contribution in [1.82, 2.24) is 5.32 Å². The molecule has 0 bridgehead atoms. The summed E-state index contributed by atoms with van der Waals surface area (Å²) in [6, 6.07) is 4.02. The van der Waals surface area contributed by atoms with Gasteiger partial charge < -0.3 is 5.32 Å². The third-order valence-electron chi connectivity index (χ3n) is 3.82. The molecule has 18 heavy (non-hydrogen) atoms. The molecular formula is C15H21F2N. The lowest BCUT2D eigenvalue weighted by molar-refractivity contribution is 0.226. The maximum Gasteiger partial charge on any atom is 0.126 e. The molecule has 0 saturated heterocycles. The smallest absolute Gasteiger partial charge is 0.126 e. The van der Waals surface area contributed by atoms with E-state index >= 15 is 0 Å². The van der Waals surface area contributed by atoms with Crippen LogP contribution in [0.2, 0.25) is 0 Å². The van der Waals surface area contributed by atoms with Gasteiger partial charge in [0.2, 0.25) is 0 Å². The average molecular weight is 253 g/mol. The molecular weight excluding hydrogens is 232 g/mol. The Bertz CT molecular complexity index is 388. The first kappa shape index (κ1) is 13.5.